The molecule has 98 valence electrons. The zero-order valence-corrected chi connectivity index (χ0v) is 11.8. The lowest BCUT2D eigenvalue weighted by Crippen LogP contribution is -2.31. The fraction of sp³-hybridized carbons (Fsp3) is 0.533. The Labute approximate surface area is 110 Å². The Hall–Kier alpha value is -1.69. The summed E-state index contributed by atoms with van der Waals surface area (Å²) in [5.74, 6) is 1.20. The van der Waals surface area contributed by atoms with E-state index in [-0.39, 0.29) is 0 Å². The number of nitriles is 1. The summed E-state index contributed by atoms with van der Waals surface area (Å²) in [6, 6.07) is 7.80. The normalized spacial score (nSPS) is 10.7. The molecule has 0 aliphatic rings. The Kier molecular flexibility index (Phi) is 5.03. The molecule has 0 unspecified atom stereocenters. The smallest absolute Gasteiger partial charge is 0.101 e. The third-order valence-corrected chi connectivity index (χ3v) is 2.69. The van der Waals surface area contributed by atoms with Gasteiger partial charge in [-0.2, -0.15) is 5.26 Å². The highest BCUT2D eigenvalue weighted by atomic mass is 15.1. The molecule has 0 aliphatic carbocycles. The number of hydrogen-bond acceptors (Lipinski definition) is 3. The lowest BCUT2D eigenvalue weighted by Gasteiger charge is -2.28. The van der Waals surface area contributed by atoms with Gasteiger partial charge >= 0.3 is 0 Å². The SMILES string of the molecule is CC(C)CN(CC(C)C)c1ccc(C#N)c(N)c1. The lowest BCUT2D eigenvalue weighted by molar-refractivity contribution is 0.553. The highest BCUT2D eigenvalue weighted by Gasteiger charge is 2.11. The molecule has 3 heteroatoms. The third-order valence-electron chi connectivity index (χ3n) is 2.69. The molecule has 1 aromatic rings. The van der Waals surface area contributed by atoms with E-state index in [2.05, 4.69) is 38.7 Å². The van der Waals surface area contributed by atoms with Gasteiger partial charge in [0, 0.05) is 18.8 Å². The van der Waals surface area contributed by atoms with Crippen LogP contribution in [0.2, 0.25) is 0 Å². The van der Waals surface area contributed by atoms with Gasteiger partial charge in [0.1, 0.15) is 6.07 Å². The maximum Gasteiger partial charge on any atom is 0.101 e. The molecule has 0 saturated carbocycles. The Morgan fingerprint density at radius 3 is 2.11 bits per heavy atom. The van der Waals surface area contributed by atoms with Crippen LogP contribution in [0, 0.1) is 23.2 Å². The molecule has 0 fully saturated rings. The minimum absolute atomic E-state index is 0.549. The highest BCUT2D eigenvalue weighted by molar-refractivity contribution is 5.63. The van der Waals surface area contributed by atoms with Crippen molar-refractivity contribution in [3.05, 3.63) is 23.8 Å². The Morgan fingerprint density at radius 2 is 1.72 bits per heavy atom. The van der Waals surface area contributed by atoms with Crippen molar-refractivity contribution in [3.8, 4) is 6.07 Å². The standard InChI is InChI=1S/C15H23N3/c1-11(2)9-18(10-12(3)4)14-6-5-13(8-16)15(17)7-14/h5-7,11-12H,9-10,17H2,1-4H3. The Balaban J connectivity index is 2.98. The summed E-state index contributed by atoms with van der Waals surface area (Å²) >= 11 is 0. The first-order chi connectivity index (χ1) is 8.43. The fourth-order valence-corrected chi connectivity index (χ4v) is 2.02. The summed E-state index contributed by atoms with van der Waals surface area (Å²) < 4.78 is 0. The topological polar surface area (TPSA) is 53.0 Å². The number of hydrogen-bond donors (Lipinski definition) is 1. The van der Waals surface area contributed by atoms with E-state index in [4.69, 9.17) is 11.0 Å². The zero-order chi connectivity index (χ0) is 13.7. The van der Waals surface area contributed by atoms with Crippen LogP contribution in [-0.2, 0) is 0 Å². The van der Waals surface area contributed by atoms with Crippen LogP contribution in [-0.4, -0.2) is 13.1 Å². The quantitative estimate of drug-likeness (QED) is 0.810. The Morgan fingerprint density at radius 1 is 1.17 bits per heavy atom. The molecule has 0 spiro atoms. The molecule has 3 nitrogen and oxygen atoms in total. The van der Waals surface area contributed by atoms with Crippen molar-refractivity contribution in [2.24, 2.45) is 11.8 Å². The number of nitrogens with two attached hydrogens (primary N) is 1. The van der Waals surface area contributed by atoms with Gasteiger partial charge in [0.05, 0.1) is 11.3 Å². The summed E-state index contributed by atoms with van der Waals surface area (Å²) in [6.45, 7) is 10.8. The van der Waals surface area contributed by atoms with Crippen LogP contribution in [0.1, 0.15) is 33.3 Å². The maximum atomic E-state index is 8.90. The second-order valence-electron chi connectivity index (χ2n) is 5.58. The maximum absolute atomic E-state index is 8.90. The van der Waals surface area contributed by atoms with Gasteiger partial charge in [0.15, 0.2) is 0 Å². The van der Waals surface area contributed by atoms with Gasteiger partial charge < -0.3 is 10.6 Å². The van der Waals surface area contributed by atoms with E-state index in [0.29, 0.717) is 23.1 Å². The molecule has 0 amide bonds. The van der Waals surface area contributed by atoms with Gasteiger partial charge in [-0.15, -0.1) is 0 Å². The van der Waals surface area contributed by atoms with Crippen LogP contribution in [0.15, 0.2) is 18.2 Å². The van der Waals surface area contributed by atoms with Crippen LogP contribution in [0.25, 0.3) is 0 Å². The third kappa shape index (κ3) is 3.96. The number of benzene rings is 1. The second-order valence-corrected chi connectivity index (χ2v) is 5.58. The number of rotatable bonds is 5. The van der Waals surface area contributed by atoms with Crippen molar-refractivity contribution < 1.29 is 0 Å². The minimum Gasteiger partial charge on any atom is -0.398 e. The number of nitrogen functional groups attached to an aromatic ring is 1. The highest BCUT2D eigenvalue weighted by Crippen LogP contribution is 2.22. The monoisotopic (exact) mass is 245 g/mol. The van der Waals surface area contributed by atoms with E-state index >= 15 is 0 Å². The van der Waals surface area contributed by atoms with Gasteiger partial charge in [-0.05, 0) is 30.0 Å². The summed E-state index contributed by atoms with van der Waals surface area (Å²) in [6.07, 6.45) is 0. The number of nitrogens with zero attached hydrogens (tertiary/aromatic N) is 2. The summed E-state index contributed by atoms with van der Waals surface area (Å²) in [4.78, 5) is 2.34. The van der Waals surface area contributed by atoms with Crippen molar-refractivity contribution in [1.29, 1.82) is 5.26 Å². The van der Waals surface area contributed by atoms with Crippen LogP contribution < -0.4 is 10.6 Å². The Bertz CT molecular complexity index is 420. The predicted molar refractivity (Wildman–Crippen MR) is 77.5 cm³/mol. The molecule has 0 bridgehead atoms. The molecule has 1 aromatic carbocycles. The molecular weight excluding hydrogens is 222 g/mol. The van der Waals surface area contributed by atoms with Gasteiger partial charge in [-0.25, -0.2) is 0 Å². The first kappa shape index (κ1) is 14.4. The molecule has 18 heavy (non-hydrogen) atoms. The van der Waals surface area contributed by atoms with Crippen molar-refractivity contribution in [2.75, 3.05) is 23.7 Å². The molecule has 0 aromatic heterocycles. The summed E-state index contributed by atoms with van der Waals surface area (Å²) in [5.41, 5.74) is 8.10. The molecule has 0 radical (unpaired) electrons. The van der Waals surface area contributed by atoms with E-state index in [1.807, 2.05) is 12.1 Å². The average Bonchev–Trinajstić information content (AvgIpc) is 2.26. The fourth-order valence-electron chi connectivity index (χ4n) is 2.02. The molecule has 1 rings (SSSR count). The van der Waals surface area contributed by atoms with Crippen molar-refractivity contribution in [2.45, 2.75) is 27.7 Å². The minimum atomic E-state index is 0.549. The van der Waals surface area contributed by atoms with Gasteiger partial charge in [0.2, 0.25) is 0 Å². The average molecular weight is 245 g/mol. The van der Waals surface area contributed by atoms with Gasteiger partial charge in [-0.1, -0.05) is 27.7 Å². The summed E-state index contributed by atoms with van der Waals surface area (Å²) in [5, 5.41) is 8.90. The molecule has 2 N–H and O–H groups in total. The lowest BCUT2D eigenvalue weighted by atomic mass is 10.1. The first-order valence-electron chi connectivity index (χ1n) is 6.48. The first-order valence-corrected chi connectivity index (χ1v) is 6.48. The summed E-state index contributed by atoms with van der Waals surface area (Å²) in [7, 11) is 0. The second kappa shape index (κ2) is 6.30. The largest absolute Gasteiger partial charge is 0.398 e. The van der Waals surface area contributed by atoms with Gasteiger partial charge in [-0.3, -0.25) is 0 Å². The van der Waals surface area contributed by atoms with E-state index < -0.39 is 0 Å². The van der Waals surface area contributed by atoms with E-state index in [0.717, 1.165) is 18.8 Å². The van der Waals surface area contributed by atoms with Crippen molar-refractivity contribution >= 4 is 11.4 Å². The van der Waals surface area contributed by atoms with Crippen molar-refractivity contribution in [3.63, 3.8) is 0 Å². The molecule has 0 heterocycles. The molecule has 0 atom stereocenters. The van der Waals surface area contributed by atoms with Crippen LogP contribution >= 0.6 is 0 Å². The van der Waals surface area contributed by atoms with Gasteiger partial charge in [0.25, 0.3) is 0 Å². The zero-order valence-electron chi connectivity index (χ0n) is 11.8. The van der Waals surface area contributed by atoms with E-state index in [1.54, 1.807) is 6.07 Å². The van der Waals surface area contributed by atoms with Crippen LogP contribution in [0.4, 0.5) is 11.4 Å². The molecule has 0 aliphatic heterocycles. The van der Waals surface area contributed by atoms with E-state index in [1.165, 1.54) is 0 Å². The number of anilines is 2. The molecule has 0 saturated heterocycles. The van der Waals surface area contributed by atoms with Crippen molar-refractivity contribution in [1.82, 2.24) is 0 Å². The van der Waals surface area contributed by atoms with Crippen LogP contribution in [0.3, 0.4) is 0 Å². The predicted octanol–water partition coefficient (Wildman–Crippen LogP) is 3.26. The van der Waals surface area contributed by atoms with Crippen LogP contribution in [0.5, 0.6) is 0 Å². The van der Waals surface area contributed by atoms with E-state index in [9.17, 15) is 0 Å². The molecular formula is C15H23N3.